The largest absolute Gasteiger partial charge is 0.321 e. The fourth-order valence-electron chi connectivity index (χ4n) is 4.06. The Kier molecular flexibility index (Phi) is 4.24. The molecule has 1 amide bonds. The van der Waals surface area contributed by atoms with Gasteiger partial charge in [0, 0.05) is 24.9 Å². The van der Waals surface area contributed by atoms with Gasteiger partial charge in [-0.3, -0.25) is 9.48 Å². The standard InChI is InChI=1S/C24H21N7O/c1-30-22-19(13-26-30)20(9-10-25-22)29-24(32)17-11-21(16-7-8-16)28-23-18(17)12-27-31(23)14-15-5-3-2-4-6-15/h2-6,9-13,16H,7-8,14H2,1H3,(H,25,29,32). The molecule has 1 fully saturated rings. The Morgan fingerprint density at radius 2 is 1.88 bits per heavy atom. The second kappa shape index (κ2) is 7.26. The number of amides is 1. The molecule has 0 saturated heterocycles. The van der Waals surface area contributed by atoms with Crippen molar-refractivity contribution in [3.05, 3.63) is 77.9 Å². The Hall–Kier alpha value is -4.07. The van der Waals surface area contributed by atoms with E-state index in [4.69, 9.17) is 4.98 Å². The van der Waals surface area contributed by atoms with Gasteiger partial charge in [-0.2, -0.15) is 10.2 Å². The van der Waals surface area contributed by atoms with Crippen LogP contribution in [-0.4, -0.2) is 35.4 Å². The van der Waals surface area contributed by atoms with E-state index in [0.717, 1.165) is 46.2 Å². The first-order valence-electron chi connectivity index (χ1n) is 10.7. The summed E-state index contributed by atoms with van der Waals surface area (Å²) in [5, 5.41) is 13.4. The molecule has 0 unspecified atom stereocenters. The number of benzene rings is 1. The number of aryl methyl sites for hydroxylation is 1. The number of anilines is 1. The zero-order chi connectivity index (χ0) is 21.7. The van der Waals surface area contributed by atoms with Crippen molar-refractivity contribution in [2.24, 2.45) is 7.05 Å². The predicted octanol–water partition coefficient (Wildman–Crippen LogP) is 3.89. The van der Waals surface area contributed by atoms with Crippen LogP contribution in [0, 0.1) is 0 Å². The van der Waals surface area contributed by atoms with Crippen LogP contribution < -0.4 is 5.32 Å². The molecule has 0 bridgehead atoms. The van der Waals surface area contributed by atoms with Gasteiger partial charge in [-0.25, -0.2) is 14.6 Å². The molecular weight excluding hydrogens is 402 g/mol. The highest BCUT2D eigenvalue weighted by atomic mass is 16.1. The SMILES string of the molecule is Cn1ncc2c(NC(=O)c3cc(C4CC4)nc4c3cnn4Cc3ccccc3)ccnc21. The Morgan fingerprint density at radius 1 is 1.06 bits per heavy atom. The van der Waals surface area contributed by atoms with Crippen LogP contribution in [0.5, 0.6) is 0 Å². The molecule has 0 aliphatic heterocycles. The van der Waals surface area contributed by atoms with E-state index in [1.165, 1.54) is 0 Å². The van der Waals surface area contributed by atoms with Crippen LogP contribution in [0.3, 0.4) is 0 Å². The monoisotopic (exact) mass is 423 g/mol. The van der Waals surface area contributed by atoms with Gasteiger partial charge >= 0.3 is 0 Å². The molecule has 5 aromatic rings. The number of pyridine rings is 2. The average Bonchev–Trinajstić information content (AvgIpc) is 3.49. The van der Waals surface area contributed by atoms with Gasteiger partial charge in [0.25, 0.3) is 5.91 Å². The minimum atomic E-state index is -0.185. The van der Waals surface area contributed by atoms with E-state index in [9.17, 15) is 4.79 Å². The maximum absolute atomic E-state index is 13.4. The van der Waals surface area contributed by atoms with E-state index in [2.05, 4.69) is 32.6 Å². The summed E-state index contributed by atoms with van der Waals surface area (Å²) in [5.41, 5.74) is 4.83. The molecule has 0 spiro atoms. The summed E-state index contributed by atoms with van der Waals surface area (Å²) in [6.45, 7) is 0.604. The minimum absolute atomic E-state index is 0.185. The molecule has 4 aromatic heterocycles. The minimum Gasteiger partial charge on any atom is -0.321 e. The van der Waals surface area contributed by atoms with Gasteiger partial charge < -0.3 is 5.32 Å². The lowest BCUT2D eigenvalue weighted by atomic mass is 10.1. The molecule has 4 heterocycles. The lowest BCUT2D eigenvalue weighted by Crippen LogP contribution is -2.14. The molecule has 1 aliphatic rings. The van der Waals surface area contributed by atoms with E-state index >= 15 is 0 Å². The molecule has 1 saturated carbocycles. The normalized spacial score (nSPS) is 13.7. The fraction of sp³-hybridized carbons (Fsp3) is 0.208. The number of rotatable bonds is 5. The summed E-state index contributed by atoms with van der Waals surface area (Å²) in [7, 11) is 1.83. The second-order valence-corrected chi connectivity index (χ2v) is 8.21. The Morgan fingerprint density at radius 3 is 2.69 bits per heavy atom. The number of hydrogen-bond donors (Lipinski definition) is 1. The Bertz CT molecular complexity index is 1460. The van der Waals surface area contributed by atoms with Gasteiger partial charge in [-0.05, 0) is 30.5 Å². The number of carbonyl (C=O) groups excluding carboxylic acids is 1. The van der Waals surface area contributed by atoms with Crippen molar-refractivity contribution in [1.82, 2.24) is 29.5 Å². The van der Waals surface area contributed by atoms with Crippen molar-refractivity contribution in [2.45, 2.75) is 25.3 Å². The maximum atomic E-state index is 13.4. The van der Waals surface area contributed by atoms with Crippen LogP contribution in [-0.2, 0) is 13.6 Å². The summed E-state index contributed by atoms with van der Waals surface area (Å²) in [4.78, 5) is 22.7. The molecule has 1 aliphatic carbocycles. The molecule has 8 heteroatoms. The average molecular weight is 423 g/mol. The molecular formula is C24H21N7O. The summed E-state index contributed by atoms with van der Waals surface area (Å²) >= 11 is 0. The number of carbonyl (C=O) groups is 1. The van der Waals surface area contributed by atoms with Crippen molar-refractivity contribution >= 4 is 33.7 Å². The number of nitrogens with zero attached hydrogens (tertiary/aromatic N) is 6. The number of hydrogen-bond acceptors (Lipinski definition) is 5. The van der Waals surface area contributed by atoms with Gasteiger partial charge in [0.05, 0.1) is 41.0 Å². The van der Waals surface area contributed by atoms with Crippen LogP contribution in [0.25, 0.3) is 22.1 Å². The molecule has 6 rings (SSSR count). The van der Waals surface area contributed by atoms with Crippen molar-refractivity contribution in [3.63, 3.8) is 0 Å². The zero-order valence-corrected chi connectivity index (χ0v) is 17.6. The van der Waals surface area contributed by atoms with Crippen molar-refractivity contribution < 1.29 is 4.79 Å². The van der Waals surface area contributed by atoms with E-state index in [1.807, 2.05) is 36.0 Å². The van der Waals surface area contributed by atoms with Crippen LogP contribution >= 0.6 is 0 Å². The molecule has 158 valence electrons. The van der Waals surface area contributed by atoms with E-state index < -0.39 is 0 Å². The number of fused-ring (bicyclic) bond motifs is 2. The number of aromatic nitrogens is 6. The van der Waals surface area contributed by atoms with Crippen molar-refractivity contribution in [3.8, 4) is 0 Å². The summed E-state index contributed by atoms with van der Waals surface area (Å²) in [6.07, 6.45) is 7.34. The molecule has 0 atom stereocenters. The fourth-order valence-corrected chi connectivity index (χ4v) is 4.06. The van der Waals surface area contributed by atoms with Gasteiger partial charge in [0.1, 0.15) is 0 Å². The molecule has 8 nitrogen and oxygen atoms in total. The van der Waals surface area contributed by atoms with Crippen molar-refractivity contribution in [1.29, 1.82) is 0 Å². The van der Waals surface area contributed by atoms with Crippen LogP contribution in [0.4, 0.5) is 5.69 Å². The maximum Gasteiger partial charge on any atom is 0.256 e. The summed E-state index contributed by atoms with van der Waals surface area (Å²) in [5.74, 6) is 0.229. The highest BCUT2D eigenvalue weighted by molar-refractivity contribution is 6.14. The predicted molar refractivity (Wildman–Crippen MR) is 122 cm³/mol. The highest BCUT2D eigenvalue weighted by Crippen LogP contribution is 2.40. The third-order valence-corrected chi connectivity index (χ3v) is 5.93. The molecule has 1 aromatic carbocycles. The third-order valence-electron chi connectivity index (χ3n) is 5.93. The Balaban J connectivity index is 1.41. The first-order chi connectivity index (χ1) is 15.7. The van der Waals surface area contributed by atoms with Crippen LogP contribution in [0.1, 0.15) is 40.4 Å². The first-order valence-corrected chi connectivity index (χ1v) is 10.7. The molecule has 32 heavy (non-hydrogen) atoms. The van der Waals surface area contributed by atoms with Gasteiger partial charge in [0.15, 0.2) is 11.3 Å². The van der Waals surface area contributed by atoms with Gasteiger partial charge in [-0.1, -0.05) is 30.3 Å². The van der Waals surface area contributed by atoms with Gasteiger partial charge in [0.2, 0.25) is 0 Å². The lowest BCUT2D eigenvalue weighted by molar-refractivity contribution is 0.102. The quantitative estimate of drug-likeness (QED) is 0.463. The second-order valence-electron chi connectivity index (χ2n) is 8.21. The zero-order valence-electron chi connectivity index (χ0n) is 17.6. The molecule has 1 N–H and O–H groups in total. The van der Waals surface area contributed by atoms with Crippen molar-refractivity contribution in [2.75, 3.05) is 5.32 Å². The number of nitrogens with one attached hydrogen (secondary N) is 1. The third kappa shape index (κ3) is 3.20. The molecule has 0 radical (unpaired) electrons. The van der Waals surface area contributed by atoms with E-state index in [1.54, 1.807) is 29.3 Å². The lowest BCUT2D eigenvalue weighted by Gasteiger charge is -2.10. The van der Waals surface area contributed by atoms with E-state index in [-0.39, 0.29) is 5.91 Å². The highest BCUT2D eigenvalue weighted by Gasteiger charge is 2.28. The summed E-state index contributed by atoms with van der Waals surface area (Å²) < 4.78 is 3.56. The van der Waals surface area contributed by atoms with Gasteiger partial charge in [-0.15, -0.1) is 0 Å². The van der Waals surface area contributed by atoms with Crippen LogP contribution in [0.15, 0.2) is 61.1 Å². The smallest absolute Gasteiger partial charge is 0.256 e. The topological polar surface area (TPSA) is 90.5 Å². The van der Waals surface area contributed by atoms with Crippen LogP contribution in [0.2, 0.25) is 0 Å². The Labute approximate surface area is 183 Å². The first kappa shape index (κ1) is 18.7. The van der Waals surface area contributed by atoms with E-state index in [0.29, 0.717) is 23.7 Å². The summed E-state index contributed by atoms with van der Waals surface area (Å²) in [6, 6.07) is 13.9.